The van der Waals surface area contributed by atoms with E-state index in [0.717, 1.165) is 18.2 Å². The third-order valence-electron chi connectivity index (χ3n) is 9.87. The maximum atomic E-state index is 17.0. The van der Waals surface area contributed by atoms with Crippen LogP contribution >= 0.6 is 11.3 Å². The highest BCUT2D eigenvalue weighted by molar-refractivity contribution is 7.23. The number of benzene rings is 2. The summed E-state index contributed by atoms with van der Waals surface area (Å²) in [5.41, 5.74) is 1.63. The van der Waals surface area contributed by atoms with Crippen molar-refractivity contribution in [2.45, 2.75) is 54.5 Å². The van der Waals surface area contributed by atoms with Crippen LogP contribution in [0.2, 0.25) is 5.21 Å². The minimum atomic E-state index is -5.09. The number of alkyl halides is 4. The molecule has 4 atom stereocenters. The van der Waals surface area contributed by atoms with Gasteiger partial charge in [0.25, 0.3) is 0 Å². The van der Waals surface area contributed by atoms with Crippen molar-refractivity contribution in [1.29, 1.82) is 5.26 Å². The summed E-state index contributed by atoms with van der Waals surface area (Å²) < 4.78 is 103. The van der Waals surface area contributed by atoms with E-state index in [1.165, 1.54) is 0 Å². The van der Waals surface area contributed by atoms with Crippen molar-refractivity contribution < 1.29 is 35.8 Å². The monoisotopic (exact) mass is 680 g/mol. The number of thiophene rings is 1. The highest BCUT2D eigenvalue weighted by atomic mass is 32.1. The number of rotatable bonds is 5. The van der Waals surface area contributed by atoms with Crippen molar-refractivity contribution in [1.82, 2.24) is 14.9 Å². The van der Waals surface area contributed by atoms with Crippen LogP contribution < -0.4 is 15.4 Å². The minimum absolute atomic E-state index is 0.0195. The summed E-state index contributed by atoms with van der Waals surface area (Å²) in [5, 5.41) is 8.10. The zero-order valence-electron chi connectivity index (χ0n) is 25.1. The van der Waals surface area contributed by atoms with Crippen LogP contribution in [-0.2, 0) is 10.9 Å². The molecule has 8 nitrogen and oxygen atoms in total. The van der Waals surface area contributed by atoms with Gasteiger partial charge in [-0.05, 0) is 37.1 Å². The summed E-state index contributed by atoms with van der Waals surface area (Å²) >= 11 is 0.680. The van der Waals surface area contributed by atoms with Crippen molar-refractivity contribution in [2.75, 3.05) is 43.5 Å². The number of halogens is 6. The van der Waals surface area contributed by atoms with Crippen molar-refractivity contribution in [3.05, 3.63) is 41.0 Å². The van der Waals surface area contributed by atoms with E-state index >= 15 is 4.39 Å². The van der Waals surface area contributed by atoms with Crippen LogP contribution in [0.3, 0.4) is 0 Å². The Kier molecular flexibility index (Phi) is 6.98. The number of aromatic nitrogens is 2. The van der Waals surface area contributed by atoms with Crippen LogP contribution in [0.4, 0.5) is 37.2 Å². The molecule has 4 saturated heterocycles. The summed E-state index contributed by atoms with van der Waals surface area (Å²) in [5.74, 6) is -2.18. The highest BCUT2D eigenvalue weighted by Gasteiger charge is 2.55. The number of hydrogen-bond donors (Lipinski definition) is 1. The molecule has 4 aliphatic heterocycles. The molecule has 4 aromatic rings. The van der Waals surface area contributed by atoms with Gasteiger partial charge in [-0.3, -0.25) is 4.90 Å². The van der Waals surface area contributed by atoms with E-state index in [4.69, 9.17) is 30.9 Å². The van der Waals surface area contributed by atoms with Gasteiger partial charge in [-0.1, -0.05) is 11.3 Å². The summed E-state index contributed by atoms with van der Waals surface area (Å²) in [6, 6.07) is 3.91. The van der Waals surface area contributed by atoms with E-state index in [2.05, 4.69) is 9.97 Å². The molecule has 48 heavy (non-hydrogen) atoms. The van der Waals surface area contributed by atoms with Gasteiger partial charge in [-0.2, -0.15) is 28.4 Å². The van der Waals surface area contributed by atoms with Gasteiger partial charge in [0.1, 0.15) is 41.0 Å². The molecule has 4 fully saturated rings. The van der Waals surface area contributed by atoms with Crippen molar-refractivity contribution in [3.8, 4) is 23.2 Å². The number of nitrogens with zero attached hydrogens (tertiary/aromatic N) is 5. The lowest BCUT2D eigenvalue weighted by molar-refractivity contribution is -0.137. The zero-order valence-corrected chi connectivity index (χ0v) is 25.9. The second-order valence-corrected chi connectivity index (χ2v) is 14.2. The standard InChI is InChI=1S/C31H24B2F6N6O2S/c32-30(33)10-29(5-13(34)7-44(29)11-30)12-47-28-42-24-17(27(43-28)45-8-15-3-14(45)9-46-15)4-19(31(37,38)39)22(23(24)36)16-1-2-20(35)25-21(16)18(6-40)26(41)48-25/h1-2,4,13-15H,3,5,7-12,41H2. The molecule has 2 aromatic heterocycles. The van der Waals surface area contributed by atoms with Gasteiger partial charge >= 0.3 is 12.2 Å². The Labute approximate surface area is 276 Å². The predicted octanol–water partition coefficient (Wildman–Crippen LogP) is 5.26. The fraction of sp³-hybridized carbons (Fsp3) is 0.452. The number of fused-ring (bicyclic) bond motifs is 5. The van der Waals surface area contributed by atoms with Crippen molar-refractivity contribution in [3.63, 3.8) is 0 Å². The Hall–Kier alpha value is -3.74. The van der Waals surface area contributed by atoms with Crippen LogP contribution in [-0.4, -0.2) is 87.3 Å². The second kappa shape index (κ2) is 10.6. The highest BCUT2D eigenvalue weighted by Crippen LogP contribution is 2.51. The first kappa shape index (κ1) is 31.5. The molecule has 4 unspecified atom stereocenters. The molecule has 0 saturated carbocycles. The lowest BCUT2D eigenvalue weighted by Crippen LogP contribution is -2.43. The summed E-state index contributed by atoms with van der Waals surface area (Å²) in [7, 11) is 12.4. The number of hydrogen-bond acceptors (Lipinski definition) is 9. The largest absolute Gasteiger partial charge is 0.461 e. The molecular weight excluding hydrogens is 656 g/mol. The Bertz CT molecular complexity index is 2060. The fourth-order valence-corrected chi connectivity index (χ4v) is 8.96. The third kappa shape index (κ3) is 4.81. The van der Waals surface area contributed by atoms with Gasteiger partial charge in [0.2, 0.25) is 0 Å². The molecule has 244 valence electrons. The topological polar surface area (TPSA) is 101 Å². The van der Waals surface area contributed by atoms with Gasteiger partial charge in [0.15, 0.2) is 5.82 Å². The van der Waals surface area contributed by atoms with Gasteiger partial charge in [-0.15, -0.1) is 11.3 Å². The van der Waals surface area contributed by atoms with E-state index in [0.29, 0.717) is 30.9 Å². The number of ether oxygens (including phenoxy) is 2. The molecule has 8 rings (SSSR count). The van der Waals surface area contributed by atoms with Crippen LogP contribution in [0.1, 0.15) is 30.4 Å². The molecule has 17 heteroatoms. The molecule has 0 aliphatic carbocycles. The maximum absolute atomic E-state index is 17.0. The number of nitriles is 1. The summed E-state index contributed by atoms with van der Waals surface area (Å²) in [6.45, 7) is 0.760. The Morgan fingerprint density at radius 2 is 2.00 bits per heavy atom. The Balaban J connectivity index is 1.34. The molecule has 2 bridgehead atoms. The van der Waals surface area contributed by atoms with Gasteiger partial charge < -0.3 is 20.1 Å². The first-order valence-corrected chi connectivity index (χ1v) is 16.0. The number of nitrogens with two attached hydrogens (primary N) is 1. The number of anilines is 2. The molecule has 4 aliphatic rings. The quantitative estimate of drug-likeness (QED) is 0.225. The smallest absolute Gasteiger partial charge is 0.417 e. The lowest BCUT2D eigenvalue weighted by Gasteiger charge is -2.32. The lowest BCUT2D eigenvalue weighted by atomic mass is 9.52. The number of nitrogen functional groups attached to an aromatic ring is 1. The molecule has 4 radical (unpaired) electrons. The van der Waals surface area contributed by atoms with Crippen molar-refractivity contribution in [2.24, 2.45) is 0 Å². The van der Waals surface area contributed by atoms with Crippen LogP contribution in [0.15, 0.2) is 18.2 Å². The average Bonchev–Trinajstić information content (AvgIpc) is 3.81. The molecular formula is C31H24B2F6N6O2S. The van der Waals surface area contributed by atoms with E-state index in [1.807, 2.05) is 11.0 Å². The molecule has 2 aromatic carbocycles. The van der Waals surface area contributed by atoms with E-state index in [1.54, 1.807) is 4.90 Å². The fourth-order valence-electron chi connectivity index (χ4n) is 8.01. The van der Waals surface area contributed by atoms with E-state index in [9.17, 15) is 27.2 Å². The molecule has 0 spiro atoms. The van der Waals surface area contributed by atoms with Gasteiger partial charge in [0, 0.05) is 35.8 Å². The normalized spacial score (nSPS) is 26.5. The van der Waals surface area contributed by atoms with Gasteiger partial charge in [-0.25, -0.2) is 13.2 Å². The summed E-state index contributed by atoms with van der Waals surface area (Å²) in [6.07, 6.45) is -5.56. The Morgan fingerprint density at radius 3 is 2.69 bits per heavy atom. The van der Waals surface area contributed by atoms with E-state index in [-0.39, 0.29) is 88.1 Å². The average molecular weight is 680 g/mol. The zero-order chi connectivity index (χ0) is 33.9. The summed E-state index contributed by atoms with van der Waals surface area (Å²) in [4.78, 5) is 12.4. The predicted molar refractivity (Wildman–Crippen MR) is 168 cm³/mol. The SMILES string of the molecule is [B]C1([B])CN2CC(F)CC2(COc2nc(N3CC4CC3CO4)c3cc(C(F)(F)F)c(-c4ccc(F)c5sc(N)c(C#N)c45)c(F)c3n2)C1. The molecule has 2 N–H and O–H groups in total. The van der Waals surface area contributed by atoms with E-state index < -0.39 is 51.4 Å². The first-order valence-electron chi connectivity index (χ1n) is 15.2. The van der Waals surface area contributed by atoms with Gasteiger partial charge in [0.05, 0.1) is 55.8 Å². The molecule has 6 heterocycles. The Morgan fingerprint density at radius 1 is 1.21 bits per heavy atom. The van der Waals surface area contributed by atoms with Crippen LogP contribution in [0, 0.1) is 23.0 Å². The van der Waals surface area contributed by atoms with Crippen LogP contribution in [0.25, 0.3) is 32.1 Å². The third-order valence-corrected chi connectivity index (χ3v) is 10.9. The second-order valence-electron chi connectivity index (χ2n) is 13.2. The van der Waals surface area contributed by atoms with Crippen LogP contribution in [0.5, 0.6) is 6.01 Å². The number of morpholine rings is 1. The van der Waals surface area contributed by atoms with Crippen molar-refractivity contribution >= 4 is 58.8 Å². The molecule has 0 amide bonds. The minimum Gasteiger partial charge on any atom is -0.461 e. The maximum Gasteiger partial charge on any atom is 0.417 e. The first-order chi connectivity index (χ1) is 22.7.